The molecule has 1 unspecified atom stereocenters. The number of hydrogen-bond donors (Lipinski definition) is 1. The second kappa shape index (κ2) is 4.11. The van der Waals surface area contributed by atoms with E-state index in [4.69, 9.17) is 0 Å². The summed E-state index contributed by atoms with van der Waals surface area (Å²) in [6, 6.07) is 11.8. The highest BCUT2D eigenvalue weighted by Crippen LogP contribution is 2.14. The molecular formula is C12H18N2. The van der Waals surface area contributed by atoms with Crippen molar-refractivity contribution in [2.45, 2.75) is 19.0 Å². The molecule has 0 aliphatic carbocycles. The Morgan fingerprint density at radius 3 is 2.50 bits per heavy atom. The highest BCUT2D eigenvalue weighted by Gasteiger charge is 2.24. The van der Waals surface area contributed by atoms with Gasteiger partial charge in [0.1, 0.15) is 0 Å². The van der Waals surface area contributed by atoms with Crippen LogP contribution in [-0.4, -0.2) is 31.1 Å². The fourth-order valence-corrected chi connectivity index (χ4v) is 2.00. The van der Waals surface area contributed by atoms with Crippen LogP contribution in [0.2, 0.25) is 0 Å². The Morgan fingerprint density at radius 1 is 1.29 bits per heavy atom. The van der Waals surface area contributed by atoms with E-state index in [-0.39, 0.29) is 0 Å². The molecule has 0 bridgehead atoms. The molecule has 0 aromatic heterocycles. The molecule has 1 aromatic rings. The van der Waals surface area contributed by atoms with Gasteiger partial charge in [-0.05, 0) is 19.5 Å². The summed E-state index contributed by atoms with van der Waals surface area (Å²) in [6.07, 6.45) is 0. The van der Waals surface area contributed by atoms with E-state index < -0.39 is 0 Å². The minimum absolute atomic E-state index is 0.468. The zero-order chi connectivity index (χ0) is 9.97. The summed E-state index contributed by atoms with van der Waals surface area (Å²) in [7, 11) is 2.16. The third-order valence-corrected chi connectivity index (χ3v) is 2.85. The monoisotopic (exact) mass is 190 g/mol. The SMILES string of the molecule is CC(NC1CN(C)C1)c1ccccc1. The van der Waals surface area contributed by atoms with E-state index in [0.29, 0.717) is 12.1 Å². The van der Waals surface area contributed by atoms with Gasteiger partial charge in [0.15, 0.2) is 0 Å². The topological polar surface area (TPSA) is 15.3 Å². The summed E-state index contributed by atoms with van der Waals surface area (Å²) in [5, 5.41) is 3.62. The lowest BCUT2D eigenvalue weighted by atomic mass is 10.0. The van der Waals surface area contributed by atoms with Crippen molar-refractivity contribution in [3.63, 3.8) is 0 Å². The smallest absolute Gasteiger partial charge is 0.0327 e. The van der Waals surface area contributed by atoms with Crippen molar-refractivity contribution < 1.29 is 0 Å². The van der Waals surface area contributed by atoms with Gasteiger partial charge in [0, 0.05) is 25.2 Å². The van der Waals surface area contributed by atoms with Crippen LogP contribution in [0.3, 0.4) is 0 Å². The number of nitrogens with zero attached hydrogens (tertiary/aromatic N) is 1. The van der Waals surface area contributed by atoms with Gasteiger partial charge in [0.25, 0.3) is 0 Å². The van der Waals surface area contributed by atoms with E-state index in [1.54, 1.807) is 0 Å². The van der Waals surface area contributed by atoms with Gasteiger partial charge in [-0.15, -0.1) is 0 Å². The van der Waals surface area contributed by atoms with Crippen LogP contribution in [0, 0.1) is 0 Å². The fraction of sp³-hybridized carbons (Fsp3) is 0.500. The summed E-state index contributed by atoms with van der Waals surface area (Å²) in [5.41, 5.74) is 1.38. The quantitative estimate of drug-likeness (QED) is 0.779. The van der Waals surface area contributed by atoms with Crippen LogP contribution in [0.4, 0.5) is 0 Å². The zero-order valence-electron chi connectivity index (χ0n) is 8.90. The van der Waals surface area contributed by atoms with Crippen molar-refractivity contribution in [3.8, 4) is 0 Å². The molecule has 2 nitrogen and oxygen atoms in total. The van der Waals surface area contributed by atoms with Crippen molar-refractivity contribution in [2.75, 3.05) is 20.1 Å². The van der Waals surface area contributed by atoms with Crippen LogP contribution in [0.25, 0.3) is 0 Å². The highest BCUT2D eigenvalue weighted by molar-refractivity contribution is 5.18. The molecule has 0 radical (unpaired) electrons. The summed E-state index contributed by atoms with van der Waals surface area (Å²) in [5.74, 6) is 0. The van der Waals surface area contributed by atoms with Gasteiger partial charge in [-0.3, -0.25) is 0 Å². The average Bonchev–Trinajstić information content (AvgIpc) is 2.17. The first-order chi connectivity index (χ1) is 6.75. The van der Waals surface area contributed by atoms with Crippen LogP contribution < -0.4 is 5.32 Å². The Labute approximate surface area is 85.9 Å². The Bertz CT molecular complexity index is 278. The van der Waals surface area contributed by atoms with Gasteiger partial charge in [0.2, 0.25) is 0 Å². The predicted octanol–water partition coefficient (Wildman–Crippen LogP) is 1.65. The molecule has 14 heavy (non-hydrogen) atoms. The molecule has 1 aliphatic heterocycles. The first-order valence-corrected chi connectivity index (χ1v) is 5.25. The second-order valence-corrected chi connectivity index (χ2v) is 4.22. The van der Waals surface area contributed by atoms with Gasteiger partial charge in [-0.25, -0.2) is 0 Å². The average molecular weight is 190 g/mol. The lowest BCUT2D eigenvalue weighted by Crippen LogP contribution is -2.56. The van der Waals surface area contributed by atoms with E-state index in [9.17, 15) is 0 Å². The van der Waals surface area contributed by atoms with E-state index in [0.717, 1.165) is 0 Å². The van der Waals surface area contributed by atoms with Gasteiger partial charge in [-0.2, -0.15) is 0 Å². The molecule has 1 saturated heterocycles. The van der Waals surface area contributed by atoms with E-state index in [1.807, 2.05) is 0 Å². The summed E-state index contributed by atoms with van der Waals surface area (Å²) < 4.78 is 0. The van der Waals surface area contributed by atoms with Gasteiger partial charge in [-0.1, -0.05) is 30.3 Å². The molecule has 0 saturated carbocycles. The maximum atomic E-state index is 3.62. The molecule has 1 N–H and O–H groups in total. The van der Waals surface area contributed by atoms with Crippen molar-refractivity contribution in [1.82, 2.24) is 10.2 Å². The normalized spacial score (nSPS) is 20.4. The zero-order valence-corrected chi connectivity index (χ0v) is 8.90. The highest BCUT2D eigenvalue weighted by atomic mass is 15.2. The number of likely N-dealkylation sites (tertiary alicyclic amines) is 1. The van der Waals surface area contributed by atoms with Crippen LogP contribution in [-0.2, 0) is 0 Å². The maximum Gasteiger partial charge on any atom is 0.0327 e. The van der Waals surface area contributed by atoms with Gasteiger partial charge < -0.3 is 10.2 Å². The van der Waals surface area contributed by atoms with Crippen molar-refractivity contribution in [2.24, 2.45) is 0 Å². The second-order valence-electron chi connectivity index (χ2n) is 4.22. The standard InChI is InChI=1S/C12H18N2/c1-10(11-6-4-3-5-7-11)13-12-8-14(2)9-12/h3-7,10,12-13H,8-9H2,1-2H3. The molecule has 1 aromatic carbocycles. The van der Waals surface area contributed by atoms with E-state index >= 15 is 0 Å². The summed E-state index contributed by atoms with van der Waals surface area (Å²) >= 11 is 0. The predicted molar refractivity (Wildman–Crippen MR) is 59.3 cm³/mol. The number of nitrogens with one attached hydrogen (secondary N) is 1. The van der Waals surface area contributed by atoms with Gasteiger partial charge >= 0.3 is 0 Å². The first kappa shape index (κ1) is 9.69. The fourth-order valence-electron chi connectivity index (χ4n) is 2.00. The van der Waals surface area contributed by atoms with Crippen LogP contribution in [0.15, 0.2) is 30.3 Å². The van der Waals surface area contributed by atoms with Crippen molar-refractivity contribution in [3.05, 3.63) is 35.9 Å². The molecule has 1 fully saturated rings. The van der Waals surface area contributed by atoms with E-state index in [1.165, 1.54) is 18.7 Å². The van der Waals surface area contributed by atoms with Crippen molar-refractivity contribution in [1.29, 1.82) is 0 Å². The molecular weight excluding hydrogens is 172 g/mol. The molecule has 1 heterocycles. The third-order valence-electron chi connectivity index (χ3n) is 2.85. The Balaban J connectivity index is 1.87. The number of likely N-dealkylation sites (N-methyl/N-ethyl adjacent to an activating group) is 1. The first-order valence-electron chi connectivity index (χ1n) is 5.25. The number of hydrogen-bond acceptors (Lipinski definition) is 2. The molecule has 2 rings (SSSR count). The van der Waals surface area contributed by atoms with Gasteiger partial charge in [0.05, 0.1) is 0 Å². The van der Waals surface area contributed by atoms with Crippen LogP contribution in [0.1, 0.15) is 18.5 Å². The minimum Gasteiger partial charge on any atom is -0.305 e. The minimum atomic E-state index is 0.468. The molecule has 1 aliphatic rings. The molecule has 0 spiro atoms. The summed E-state index contributed by atoms with van der Waals surface area (Å²) in [4.78, 5) is 2.33. The van der Waals surface area contributed by atoms with Crippen LogP contribution >= 0.6 is 0 Å². The van der Waals surface area contributed by atoms with Crippen LogP contribution in [0.5, 0.6) is 0 Å². The molecule has 76 valence electrons. The number of benzene rings is 1. The molecule has 1 atom stereocenters. The van der Waals surface area contributed by atoms with Crippen molar-refractivity contribution >= 4 is 0 Å². The largest absolute Gasteiger partial charge is 0.305 e. The Kier molecular flexibility index (Phi) is 2.85. The maximum absolute atomic E-state index is 3.62. The molecule has 0 amide bonds. The third kappa shape index (κ3) is 2.14. The lowest BCUT2D eigenvalue weighted by Gasteiger charge is -2.38. The van der Waals surface area contributed by atoms with E-state index in [2.05, 4.69) is 54.5 Å². The number of rotatable bonds is 3. The molecule has 2 heteroatoms. The Hall–Kier alpha value is -0.860. The lowest BCUT2D eigenvalue weighted by molar-refractivity contribution is 0.153. The summed E-state index contributed by atoms with van der Waals surface area (Å²) in [6.45, 7) is 4.59. The Morgan fingerprint density at radius 2 is 1.93 bits per heavy atom.